The van der Waals surface area contributed by atoms with Gasteiger partial charge in [-0.05, 0) is 23.3 Å². The van der Waals surface area contributed by atoms with Crippen molar-refractivity contribution in [3.8, 4) is 0 Å². The van der Waals surface area contributed by atoms with Crippen LogP contribution in [-0.4, -0.2) is 38.0 Å². The fourth-order valence-electron chi connectivity index (χ4n) is 5.38. The topological polar surface area (TPSA) is 36.8 Å². The van der Waals surface area contributed by atoms with E-state index in [4.69, 9.17) is 0 Å². The predicted molar refractivity (Wildman–Crippen MR) is 151 cm³/mol. The van der Waals surface area contributed by atoms with Crippen LogP contribution >= 0.6 is 0 Å². The minimum Gasteiger partial charge on any atom is -0.336 e. The number of hydrogen-bond donors (Lipinski definition) is 2. The van der Waals surface area contributed by atoms with Gasteiger partial charge in [-0.15, -0.1) is 0 Å². The van der Waals surface area contributed by atoms with Crippen molar-refractivity contribution >= 4 is 17.2 Å². The normalized spacial score (nSPS) is 17.6. The maximum atomic E-state index is 14.2. The number of para-hydroxylation sites is 1. The van der Waals surface area contributed by atoms with Gasteiger partial charge in [-0.25, -0.2) is 0 Å². The van der Waals surface area contributed by atoms with Crippen molar-refractivity contribution in [3.63, 3.8) is 0 Å². The summed E-state index contributed by atoms with van der Waals surface area (Å²) in [6, 6.07) is 41.0. The summed E-state index contributed by atoms with van der Waals surface area (Å²) in [5, 5.41) is 2.20. The molecule has 0 fully saturated rings. The van der Waals surface area contributed by atoms with Gasteiger partial charge >= 0.3 is 0 Å². The van der Waals surface area contributed by atoms with Crippen LogP contribution in [0.25, 0.3) is 5.70 Å². The number of quaternary nitrogens is 1. The lowest BCUT2D eigenvalue weighted by molar-refractivity contribution is -0.853. The highest BCUT2D eigenvalue weighted by molar-refractivity contribution is 5.99. The molecule has 4 nitrogen and oxygen atoms in total. The second-order valence-corrected chi connectivity index (χ2v) is 9.94. The summed E-state index contributed by atoms with van der Waals surface area (Å²) in [6.45, 7) is 1.37. The van der Waals surface area contributed by atoms with Crippen LogP contribution in [0.1, 0.15) is 27.4 Å². The molecule has 2 atom stereocenters. The second kappa shape index (κ2) is 11.3. The summed E-state index contributed by atoms with van der Waals surface area (Å²) in [6.07, 6.45) is 0. The molecule has 4 aromatic carbocycles. The van der Waals surface area contributed by atoms with Gasteiger partial charge in [-0.3, -0.25) is 15.2 Å². The Kier molecular flexibility index (Phi) is 7.48. The minimum atomic E-state index is -0.247. The molecule has 0 unspecified atom stereocenters. The van der Waals surface area contributed by atoms with Crippen molar-refractivity contribution < 1.29 is 9.69 Å². The van der Waals surface area contributed by atoms with E-state index in [2.05, 4.69) is 91.3 Å². The highest BCUT2D eigenvalue weighted by atomic mass is 16.1. The molecule has 0 saturated heterocycles. The number of carbonyl (C=O) groups is 1. The molecule has 186 valence electrons. The third-order valence-corrected chi connectivity index (χ3v) is 6.91. The molecular weight excluding hydrogens is 454 g/mol. The molecule has 0 amide bonds. The highest BCUT2D eigenvalue weighted by Crippen LogP contribution is 2.43. The lowest BCUT2D eigenvalue weighted by Gasteiger charge is -2.43. The third kappa shape index (κ3) is 5.50. The van der Waals surface area contributed by atoms with Crippen molar-refractivity contribution in [1.29, 1.82) is 0 Å². The van der Waals surface area contributed by atoms with Crippen LogP contribution in [0, 0.1) is 5.92 Å². The average molecular weight is 489 g/mol. The van der Waals surface area contributed by atoms with E-state index in [0.29, 0.717) is 6.54 Å². The van der Waals surface area contributed by atoms with Gasteiger partial charge in [-0.2, -0.15) is 0 Å². The van der Waals surface area contributed by atoms with E-state index in [9.17, 15) is 4.79 Å². The monoisotopic (exact) mass is 488 g/mol. The van der Waals surface area contributed by atoms with Gasteiger partial charge in [0.25, 0.3) is 0 Å². The minimum absolute atomic E-state index is 0.0344. The number of likely N-dealkylation sites (N-methyl/N-ethyl adjacent to an activating group) is 1. The van der Waals surface area contributed by atoms with Crippen molar-refractivity contribution in [2.75, 3.05) is 32.6 Å². The molecule has 0 radical (unpaired) electrons. The maximum Gasteiger partial charge on any atom is 0.168 e. The standard InChI is InChI=1S/C33H33N3O/c1-35(2)23-29-31(25-15-7-3-8-16-25)30(33(37)27-19-11-5-12-20-27)24-36(34-28-21-13-6-14-22-28)32(29)26-17-9-4-10-18-26/h3-22,30-31,34H,23-24H2,1-2H3/p+1/t30-,31-/m0/s1. The smallest absolute Gasteiger partial charge is 0.168 e. The molecule has 2 N–H and O–H groups in total. The van der Waals surface area contributed by atoms with Crippen LogP contribution in [0.15, 0.2) is 127 Å². The molecule has 4 aromatic rings. The quantitative estimate of drug-likeness (QED) is 0.336. The Bertz CT molecular complexity index is 1340. The van der Waals surface area contributed by atoms with Gasteiger partial charge < -0.3 is 4.90 Å². The lowest BCUT2D eigenvalue weighted by Crippen LogP contribution is -3.06. The number of carbonyl (C=O) groups excluding carboxylic acids is 1. The van der Waals surface area contributed by atoms with E-state index < -0.39 is 0 Å². The van der Waals surface area contributed by atoms with Crippen LogP contribution in [-0.2, 0) is 0 Å². The van der Waals surface area contributed by atoms with Gasteiger partial charge in [0.05, 0.1) is 37.9 Å². The molecule has 0 aromatic heterocycles. The largest absolute Gasteiger partial charge is 0.336 e. The molecule has 5 rings (SSSR count). The van der Waals surface area contributed by atoms with Gasteiger partial charge in [0.1, 0.15) is 6.54 Å². The molecule has 37 heavy (non-hydrogen) atoms. The van der Waals surface area contributed by atoms with E-state index in [1.54, 1.807) is 0 Å². The Hall–Kier alpha value is -4.15. The fourth-order valence-corrected chi connectivity index (χ4v) is 5.38. The van der Waals surface area contributed by atoms with Gasteiger partial charge in [0.2, 0.25) is 0 Å². The van der Waals surface area contributed by atoms with E-state index in [-0.39, 0.29) is 17.6 Å². The van der Waals surface area contributed by atoms with E-state index in [0.717, 1.165) is 29.1 Å². The number of ketones is 1. The molecule has 0 spiro atoms. The summed E-state index contributed by atoms with van der Waals surface area (Å²) in [4.78, 5) is 15.5. The number of benzene rings is 4. The Morgan fingerprint density at radius 2 is 1.32 bits per heavy atom. The molecular formula is C33H34N3O+. The highest BCUT2D eigenvalue weighted by Gasteiger charge is 2.42. The summed E-state index contributed by atoms with van der Waals surface area (Å²) in [5.41, 5.74) is 10.2. The van der Waals surface area contributed by atoms with Gasteiger partial charge in [0.15, 0.2) is 5.78 Å². The maximum absolute atomic E-state index is 14.2. The van der Waals surface area contributed by atoms with Crippen LogP contribution in [0.4, 0.5) is 5.69 Å². The van der Waals surface area contributed by atoms with Crippen molar-refractivity contribution in [3.05, 3.63) is 144 Å². The first kappa shape index (κ1) is 24.5. The first-order valence-corrected chi connectivity index (χ1v) is 12.9. The number of Topliss-reactive ketones (excluding diaryl/α,β-unsaturated/α-hetero) is 1. The summed E-state index contributed by atoms with van der Waals surface area (Å²) < 4.78 is 0. The van der Waals surface area contributed by atoms with Crippen LogP contribution in [0.2, 0.25) is 0 Å². The van der Waals surface area contributed by atoms with Gasteiger partial charge in [-0.1, -0.05) is 109 Å². The number of hydrazine groups is 1. The average Bonchev–Trinajstić information content (AvgIpc) is 2.94. The Morgan fingerprint density at radius 3 is 1.92 bits per heavy atom. The number of hydrogen-bond acceptors (Lipinski definition) is 3. The first-order chi connectivity index (χ1) is 18.1. The zero-order valence-electron chi connectivity index (χ0n) is 21.5. The SMILES string of the molecule is C[NH+](C)CC1=C(c2ccccc2)N(Nc2ccccc2)C[C@H](C(=O)c2ccccc2)[C@H]1c1ccccc1. The molecule has 0 saturated carbocycles. The third-order valence-electron chi connectivity index (χ3n) is 6.91. The lowest BCUT2D eigenvalue weighted by atomic mass is 9.73. The fraction of sp³-hybridized carbons (Fsp3) is 0.182. The van der Waals surface area contributed by atoms with E-state index in [1.165, 1.54) is 16.0 Å². The van der Waals surface area contributed by atoms with Crippen molar-refractivity contribution in [2.24, 2.45) is 5.92 Å². The molecule has 4 heteroatoms. The van der Waals surface area contributed by atoms with Gasteiger partial charge in [0, 0.05) is 17.1 Å². The Labute approximate surface area is 219 Å². The second-order valence-electron chi connectivity index (χ2n) is 9.94. The van der Waals surface area contributed by atoms with E-state index >= 15 is 0 Å². The van der Waals surface area contributed by atoms with Crippen LogP contribution < -0.4 is 10.3 Å². The zero-order chi connectivity index (χ0) is 25.6. The molecule has 1 aliphatic heterocycles. The predicted octanol–water partition coefficient (Wildman–Crippen LogP) is 5.17. The first-order valence-electron chi connectivity index (χ1n) is 12.9. The molecule has 1 heterocycles. The van der Waals surface area contributed by atoms with Crippen molar-refractivity contribution in [1.82, 2.24) is 5.01 Å². The number of rotatable bonds is 8. The summed E-state index contributed by atoms with van der Waals surface area (Å²) in [7, 11) is 4.35. The Morgan fingerprint density at radius 1 is 0.784 bits per heavy atom. The number of anilines is 1. The summed E-state index contributed by atoms with van der Waals surface area (Å²) in [5.74, 6) is -0.108. The number of nitrogens with one attached hydrogen (secondary N) is 2. The zero-order valence-corrected chi connectivity index (χ0v) is 21.5. The number of nitrogens with zero attached hydrogens (tertiary/aromatic N) is 1. The Balaban J connectivity index is 1.73. The van der Waals surface area contributed by atoms with Crippen molar-refractivity contribution in [2.45, 2.75) is 5.92 Å². The molecule has 1 aliphatic rings. The molecule has 0 aliphatic carbocycles. The van der Waals surface area contributed by atoms with Crippen LogP contribution in [0.3, 0.4) is 0 Å². The van der Waals surface area contributed by atoms with Crippen LogP contribution in [0.5, 0.6) is 0 Å². The molecule has 0 bridgehead atoms. The summed E-state index contributed by atoms with van der Waals surface area (Å²) >= 11 is 0. The van der Waals surface area contributed by atoms with E-state index in [1.807, 2.05) is 54.6 Å².